The Balaban J connectivity index is 2.16. The summed E-state index contributed by atoms with van der Waals surface area (Å²) < 4.78 is 4.94. The first kappa shape index (κ1) is 14.5. The van der Waals surface area contributed by atoms with Gasteiger partial charge in [-0.25, -0.2) is 5.43 Å². The zero-order chi connectivity index (χ0) is 14.5. The molecule has 0 spiro atoms. The van der Waals surface area contributed by atoms with E-state index in [9.17, 15) is 0 Å². The Morgan fingerprint density at radius 2 is 1.90 bits per heavy atom. The number of halogens is 2. The molecule has 6 nitrogen and oxygen atoms in total. The third kappa shape index (κ3) is 3.55. The van der Waals surface area contributed by atoms with Crippen LogP contribution in [0.5, 0.6) is 6.01 Å². The molecule has 0 radical (unpaired) electrons. The van der Waals surface area contributed by atoms with Gasteiger partial charge >= 0.3 is 6.01 Å². The predicted molar refractivity (Wildman–Crippen MR) is 78.8 cm³/mol. The van der Waals surface area contributed by atoms with Crippen molar-refractivity contribution in [1.29, 1.82) is 0 Å². The van der Waals surface area contributed by atoms with Gasteiger partial charge in [0, 0.05) is 5.56 Å². The van der Waals surface area contributed by atoms with E-state index in [0.717, 1.165) is 0 Å². The first-order chi connectivity index (χ1) is 9.60. The Labute approximate surface area is 125 Å². The molecule has 0 fully saturated rings. The largest absolute Gasteiger partial charge is 0.467 e. The minimum absolute atomic E-state index is 0.214. The van der Waals surface area contributed by atoms with Crippen LogP contribution in [0, 0.1) is 6.92 Å². The number of methoxy groups -OCH3 is 1. The number of benzene rings is 1. The SMILES string of the molecule is COc1nc(C)nc(N/N=C/c2c(Cl)cccc2Cl)n1. The van der Waals surface area contributed by atoms with Gasteiger partial charge in [0.1, 0.15) is 5.82 Å². The molecule has 2 rings (SSSR count). The van der Waals surface area contributed by atoms with Gasteiger partial charge in [-0.3, -0.25) is 0 Å². The van der Waals surface area contributed by atoms with Crippen molar-refractivity contribution in [3.63, 3.8) is 0 Å². The number of hydrogen-bond acceptors (Lipinski definition) is 6. The number of hydrazone groups is 1. The summed E-state index contributed by atoms with van der Waals surface area (Å²) in [6, 6.07) is 5.43. The van der Waals surface area contributed by atoms with Crippen molar-refractivity contribution in [1.82, 2.24) is 15.0 Å². The van der Waals surface area contributed by atoms with Crippen molar-refractivity contribution >= 4 is 35.4 Å². The summed E-state index contributed by atoms with van der Waals surface area (Å²) >= 11 is 12.0. The minimum atomic E-state index is 0.214. The van der Waals surface area contributed by atoms with Gasteiger partial charge in [0.2, 0.25) is 5.95 Å². The lowest BCUT2D eigenvalue weighted by Gasteiger charge is -2.03. The van der Waals surface area contributed by atoms with Crippen LogP contribution in [0.1, 0.15) is 11.4 Å². The fourth-order valence-electron chi connectivity index (χ4n) is 1.39. The molecule has 0 aliphatic carbocycles. The molecule has 2 aromatic rings. The van der Waals surface area contributed by atoms with E-state index < -0.39 is 0 Å². The van der Waals surface area contributed by atoms with E-state index in [1.807, 2.05) is 0 Å². The van der Waals surface area contributed by atoms with Crippen molar-refractivity contribution in [3.05, 3.63) is 39.6 Å². The van der Waals surface area contributed by atoms with Gasteiger partial charge < -0.3 is 4.74 Å². The molecule has 1 N–H and O–H groups in total. The summed E-state index contributed by atoms with van der Waals surface area (Å²) in [6.07, 6.45) is 1.50. The zero-order valence-corrected chi connectivity index (χ0v) is 12.3. The van der Waals surface area contributed by atoms with Crippen molar-refractivity contribution in [2.24, 2.45) is 5.10 Å². The van der Waals surface area contributed by atoms with Crippen molar-refractivity contribution < 1.29 is 4.74 Å². The zero-order valence-electron chi connectivity index (χ0n) is 10.8. The monoisotopic (exact) mass is 311 g/mol. The van der Waals surface area contributed by atoms with Gasteiger partial charge in [0.15, 0.2) is 0 Å². The highest BCUT2D eigenvalue weighted by Gasteiger charge is 2.04. The third-order valence-electron chi connectivity index (χ3n) is 2.27. The van der Waals surface area contributed by atoms with Gasteiger partial charge in [-0.1, -0.05) is 29.3 Å². The second-order valence-electron chi connectivity index (χ2n) is 3.70. The standard InChI is InChI=1S/C12H11Cl2N5O/c1-7-16-11(18-12(17-7)20-2)19-15-6-8-9(13)4-3-5-10(8)14/h3-6H,1-2H3,(H,16,17,18,19)/b15-6+. The van der Waals surface area contributed by atoms with Gasteiger partial charge in [-0.15, -0.1) is 0 Å². The van der Waals surface area contributed by atoms with Crippen molar-refractivity contribution in [2.45, 2.75) is 6.92 Å². The molecule has 1 aromatic carbocycles. The molecule has 0 aliphatic heterocycles. The smallest absolute Gasteiger partial charge is 0.321 e. The van der Waals surface area contributed by atoms with E-state index in [2.05, 4.69) is 25.5 Å². The van der Waals surface area contributed by atoms with E-state index in [1.165, 1.54) is 13.3 Å². The summed E-state index contributed by atoms with van der Waals surface area (Å²) in [5.41, 5.74) is 3.29. The Kier molecular flexibility index (Phi) is 4.70. The molecule has 0 bridgehead atoms. The second kappa shape index (κ2) is 6.49. The average Bonchev–Trinajstić information content (AvgIpc) is 2.41. The molecular formula is C12H11Cl2N5O. The number of rotatable bonds is 4. The van der Waals surface area contributed by atoms with E-state index in [0.29, 0.717) is 21.4 Å². The van der Waals surface area contributed by atoms with Crippen LogP contribution < -0.4 is 10.2 Å². The van der Waals surface area contributed by atoms with Crippen LogP contribution in [0.2, 0.25) is 10.0 Å². The second-order valence-corrected chi connectivity index (χ2v) is 4.51. The van der Waals surface area contributed by atoms with Crippen LogP contribution in [0.15, 0.2) is 23.3 Å². The Morgan fingerprint density at radius 3 is 2.55 bits per heavy atom. The Bertz CT molecular complexity index is 627. The van der Waals surface area contributed by atoms with E-state index >= 15 is 0 Å². The van der Waals surface area contributed by atoms with Gasteiger partial charge in [0.05, 0.1) is 23.4 Å². The highest BCUT2D eigenvalue weighted by molar-refractivity contribution is 6.38. The summed E-state index contributed by atoms with van der Waals surface area (Å²) in [5, 5.41) is 5.01. The maximum atomic E-state index is 6.02. The normalized spacial score (nSPS) is 10.8. The Hall–Kier alpha value is -1.92. The van der Waals surface area contributed by atoms with Crippen molar-refractivity contribution in [2.75, 3.05) is 12.5 Å². The lowest BCUT2D eigenvalue weighted by atomic mass is 10.2. The van der Waals surface area contributed by atoms with Crippen LogP contribution >= 0.6 is 23.2 Å². The number of aryl methyl sites for hydroxylation is 1. The average molecular weight is 312 g/mol. The molecule has 0 unspecified atom stereocenters. The number of hydrogen-bond donors (Lipinski definition) is 1. The van der Waals surface area contributed by atoms with Crippen molar-refractivity contribution in [3.8, 4) is 6.01 Å². The number of anilines is 1. The van der Waals surface area contributed by atoms with E-state index in [4.69, 9.17) is 27.9 Å². The first-order valence-corrected chi connectivity index (χ1v) is 6.35. The molecule has 20 heavy (non-hydrogen) atoms. The molecule has 104 valence electrons. The fraction of sp³-hybridized carbons (Fsp3) is 0.167. The van der Waals surface area contributed by atoms with Gasteiger partial charge in [-0.05, 0) is 19.1 Å². The summed E-state index contributed by atoms with van der Waals surface area (Å²) in [5.74, 6) is 0.791. The van der Waals surface area contributed by atoms with Gasteiger partial charge in [-0.2, -0.15) is 20.1 Å². The quantitative estimate of drug-likeness (QED) is 0.694. The van der Waals surface area contributed by atoms with E-state index in [1.54, 1.807) is 25.1 Å². The number of nitrogens with one attached hydrogen (secondary N) is 1. The fourth-order valence-corrected chi connectivity index (χ4v) is 1.88. The lowest BCUT2D eigenvalue weighted by molar-refractivity contribution is 0.377. The molecule has 8 heteroatoms. The molecule has 0 amide bonds. The maximum Gasteiger partial charge on any atom is 0.321 e. The third-order valence-corrected chi connectivity index (χ3v) is 2.93. The summed E-state index contributed by atoms with van der Waals surface area (Å²) in [6.45, 7) is 1.73. The minimum Gasteiger partial charge on any atom is -0.467 e. The maximum absolute atomic E-state index is 6.02. The van der Waals surface area contributed by atoms with Gasteiger partial charge in [0.25, 0.3) is 0 Å². The van der Waals surface area contributed by atoms with E-state index in [-0.39, 0.29) is 12.0 Å². The number of aromatic nitrogens is 3. The first-order valence-electron chi connectivity index (χ1n) is 5.60. The number of nitrogens with zero attached hydrogens (tertiary/aromatic N) is 4. The molecule has 0 atom stereocenters. The lowest BCUT2D eigenvalue weighted by Crippen LogP contribution is -2.03. The topological polar surface area (TPSA) is 72.3 Å². The molecule has 1 heterocycles. The Morgan fingerprint density at radius 1 is 1.20 bits per heavy atom. The molecule has 0 saturated heterocycles. The molecule has 0 saturated carbocycles. The van der Waals surface area contributed by atoms with Crippen LogP contribution in [-0.4, -0.2) is 28.3 Å². The van der Waals surface area contributed by atoms with Crippen LogP contribution in [0.4, 0.5) is 5.95 Å². The van der Waals surface area contributed by atoms with Crippen LogP contribution in [0.3, 0.4) is 0 Å². The predicted octanol–water partition coefficient (Wildman–Crippen LogP) is 2.94. The number of ether oxygens (including phenoxy) is 1. The van der Waals surface area contributed by atoms with Crippen LogP contribution in [-0.2, 0) is 0 Å². The highest BCUT2D eigenvalue weighted by Crippen LogP contribution is 2.22. The molecule has 1 aromatic heterocycles. The van der Waals surface area contributed by atoms with Crippen LogP contribution in [0.25, 0.3) is 0 Å². The molecular weight excluding hydrogens is 301 g/mol. The summed E-state index contributed by atoms with van der Waals surface area (Å²) in [7, 11) is 1.48. The highest BCUT2D eigenvalue weighted by atomic mass is 35.5. The summed E-state index contributed by atoms with van der Waals surface area (Å²) in [4.78, 5) is 12.0. The molecule has 0 aliphatic rings.